The smallest absolute Gasteiger partial charge is 0.412 e. The molecule has 0 bridgehead atoms. The molecular formula is H14NO10Zn+. The van der Waals surface area contributed by atoms with Gasteiger partial charge in [0, 0.05) is 0 Å². The first-order valence-electron chi connectivity index (χ1n) is 0.548. The first-order valence-corrected chi connectivity index (χ1v) is 0.548. The van der Waals surface area contributed by atoms with Crippen LogP contribution >= 0.6 is 0 Å². The van der Waals surface area contributed by atoms with Crippen molar-refractivity contribution in [3.63, 3.8) is 0 Å². The van der Waals surface area contributed by atoms with Gasteiger partial charge in [-0.25, -0.2) is 0 Å². The molecule has 80 valence electrons. The van der Waals surface area contributed by atoms with Crippen LogP contribution in [0.2, 0.25) is 0 Å². The Morgan fingerprint density at radius 2 is 0.667 bits per heavy atom. The van der Waals surface area contributed by atoms with E-state index in [-0.39, 0.29) is 57.8 Å². The van der Waals surface area contributed by atoms with Crippen LogP contribution in [-0.4, -0.2) is 43.4 Å². The van der Waals surface area contributed by atoms with Crippen LogP contribution in [-0.2, 0) is 19.5 Å². The van der Waals surface area contributed by atoms with Crippen molar-refractivity contribution >= 4 is 0 Å². The van der Waals surface area contributed by atoms with Crippen molar-refractivity contribution in [1.82, 2.24) is 0 Å². The Hall–Kier alpha value is -0.457. The molecule has 14 N–H and O–H groups in total. The summed E-state index contributed by atoms with van der Waals surface area (Å²) in [4.78, 5) is 8.25. The van der Waals surface area contributed by atoms with E-state index in [1.54, 1.807) is 0 Å². The molecular weight excluding hydrogens is 239 g/mol. The molecule has 0 unspecified atom stereocenters. The fourth-order valence-electron chi connectivity index (χ4n) is 0. The maximum atomic E-state index is 8.25. The third-order valence-corrected chi connectivity index (χ3v) is 0. The van der Waals surface area contributed by atoms with Gasteiger partial charge in [0.25, 0.3) is 0 Å². The standard InChI is InChI=1S/NO3.7H2O.Zn/c2-1(3)4;;;;;;;;/h;7*1H2;/q-1;;;;;;;;+2. The largest absolute Gasteiger partial charge is 2.00 e. The molecule has 0 rings (SSSR count). The molecule has 0 atom stereocenters. The van der Waals surface area contributed by atoms with Gasteiger partial charge in [-0.3, -0.25) is 0 Å². The molecule has 0 saturated carbocycles. The van der Waals surface area contributed by atoms with Crippen molar-refractivity contribution in [3.05, 3.63) is 15.3 Å². The predicted octanol–water partition coefficient (Wildman–Crippen LogP) is -6.01. The zero-order valence-corrected chi connectivity index (χ0v) is 8.85. The van der Waals surface area contributed by atoms with Crippen LogP contribution in [0.15, 0.2) is 0 Å². The van der Waals surface area contributed by atoms with E-state index in [4.69, 9.17) is 15.3 Å². The minimum Gasteiger partial charge on any atom is -0.412 e. The van der Waals surface area contributed by atoms with Crippen molar-refractivity contribution in [2.24, 2.45) is 0 Å². The zero-order chi connectivity index (χ0) is 3.58. The molecule has 0 spiro atoms. The van der Waals surface area contributed by atoms with Crippen LogP contribution in [0, 0.1) is 15.3 Å². The number of nitrogens with zero attached hydrogens (tertiary/aromatic N) is 1. The summed E-state index contributed by atoms with van der Waals surface area (Å²) in [5.74, 6) is 0. The SMILES string of the molecule is O.O.O.O.O.O.O.O=[N+]([O-])[O-].[Zn+2]. The minimum atomic E-state index is -1.75. The topological polar surface area (TPSA) is 287 Å². The molecule has 0 aromatic rings. The molecule has 0 fully saturated rings. The summed E-state index contributed by atoms with van der Waals surface area (Å²) in [6, 6.07) is 0. The van der Waals surface area contributed by atoms with Crippen molar-refractivity contribution in [2.45, 2.75) is 0 Å². The monoisotopic (exact) mass is 252 g/mol. The van der Waals surface area contributed by atoms with Crippen molar-refractivity contribution < 1.29 is 62.9 Å². The molecule has 12 heteroatoms. The van der Waals surface area contributed by atoms with Crippen molar-refractivity contribution in [1.29, 1.82) is 0 Å². The van der Waals surface area contributed by atoms with E-state index in [2.05, 4.69) is 0 Å². The normalized spacial score (nSPS) is 2.00. The number of hydrogen-bond donors (Lipinski definition) is 0. The van der Waals surface area contributed by atoms with Gasteiger partial charge in [-0.1, -0.05) is 0 Å². The van der Waals surface area contributed by atoms with Gasteiger partial charge in [-0.15, -0.1) is 0 Å². The zero-order valence-electron chi connectivity index (χ0n) is 5.88. The van der Waals surface area contributed by atoms with Crippen LogP contribution in [0.1, 0.15) is 0 Å². The predicted molar refractivity (Wildman–Crippen MR) is 35.7 cm³/mol. The Kier molecular flexibility index (Phi) is 2450. The van der Waals surface area contributed by atoms with Gasteiger partial charge in [0.05, 0.1) is 5.09 Å². The maximum absolute atomic E-state index is 8.25. The third kappa shape index (κ3) is 3340. The average molecular weight is 253 g/mol. The van der Waals surface area contributed by atoms with Gasteiger partial charge in [0.15, 0.2) is 0 Å². The molecule has 0 radical (unpaired) electrons. The van der Waals surface area contributed by atoms with Gasteiger partial charge in [-0.2, -0.15) is 0 Å². The van der Waals surface area contributed by atoms with E-state index in [0.29, 0.717) is 0 Å². The Morgan fingerprint density at radius 3 is 0.667 bits per heavy atom. The van der Waals surface area contributed by atoms with E-state index in [1.807, 2.05) is 0 Å². The van der Waals surface area contributed by atoms with Crippen LogP contribution in [0.4, 0.5) is 0 Å². The van der Waals surface area contributed by atoms with Crippen molar-refractivity contribution in [2.75, 3.05) is 0 Å². The quantitative estimate of drug-likeness (QED) is 0.231. The van der Waals surface area contributed by atoms with Crippen LogP contribution in [0.25, 0.3) is 0 Å². The Labute approximate surface area is 79.0 Å². The Balaban J connectivity index is -0.00000000161. The average Bonchev–Trinajstić information content (AvgIpc) is 0.811. The summed E-state index contributed by atoms with van der Waals surface area (Å²) in [7, 11) is 0. The minimum absolute atomic E-state index is 0. The van der Waals surface area contributed by atoms with E-state index >= 15 is 0 Å². The van der Waals surface area contributed by atoms with E-state index in [1.165, 1.54) is 0 Å². The summed E-state index contributed by atoms with van der Waals surface area (Å²) in [5, 5.41) is 14.8. The molecule has 0 aliphatic rings. The van der Waals surface area contributed by atoms with E-state index in [9.17, 15) is 0 Å². The summed E-state index contributed by atoms with van der Waals surface area (Å²) in [5.41, 5.74) is 0. The number of rotatable bonds is 0. The molecule has 0 heterocycles. The second kappa shape index (κ2) is 148. The maximum Gasteiger partial charge on any atom is 2.00 e. The van der Waals surface area contributed by atoms with Gasteiger partial charge in [0.2, 0.25) is 0 Å². The van der Waals surface area contributed by atoms with E-state index < -0.39 is 5.09 Å². The van der Waals surface area contributed by atoms with Gasteiger partial charge >= 0.3 is 19.5 Å². The first-order chi connectivity index (χ1) is 1.73. The molecule has 0 aromatic carbocycles. The third-order valence-electron chi connectivity index (χ3n) is 0. The fourth-order valence-corrected chi connectivity index (χ4v) is 0. The molecule has 0 saturated heterocycles. The van der Waals surface area contributed by atoms with Crippen LogP contribution in [0.5, 0.6) is 0 Å². The van der Waals surface area contributed by atoms with Gasteiger partial charge in [0.1, 0.15) is 0 Å². The Bertz CT molecular complexity index is 32.8. The summed E-state index contributed by atoms with van der Waals surface area (Å²) in [6.45, 7) is 0. The first kappa shape index (κ1) is 198. The summed E-state index contributed by atoms with van der Waals surface area (Å²) >= 11 is 0. The molecule has 12 heavy (non-hydrogen) atoms. The number of hydrogen-bond acceptors (Lipinski definition) is 3. The van der Waals surface area contributed by atoms with Crippen LogP contribution < -0.4 is 0 Å². The van der Waals surface area contributed by atoms with E-state index in [0.717, 1.165) is 0 Å². The summed E-state index contributed by atoms with van der Waals surface area (Å²) < 4.78 is 0. The van der Waals surface area contributed by atoms with Gasteiger partial charge < -0.3 is 53.7 Å². The molecule has 0 amide bonds. The fraction of sp³-hybridized carbons (Fsp3) is 0. The second-order valence-corrected chi connectivity index (χ2v) is 0.224. The van der Waals surface area contributed by atoms with Crippen LogP contribution in [0.3, 0.4) is 0 Å². The second-order valence-electron chi connectivity index (χ2n) is 0.224. The van der Waals surface area contributed by atoms with Gasteiger partial charge in [-0.05, 0) is 0 Å². The molecule has 11 nitrogen and oxygen atoms in total. The summed E-state index contributed by atoms with van der Waals surface area (Å²) in [6.07, 6.45) is 0. The molecule has 0 aliphatic carbocycles. The Morgan fingerprint density at radius 1 is 0.667 bits per heavy atom. The molecule has 0 aromatic heterocycles. The van der Waals surface area contributed by atoms with Crippen molar-refractivity contribution in [3.8, 4) is 0 Å². The molecule has 0 aliphatic heterocycles.